The summed E-state index contributed by atoms with van der Waals surface area (Å²) in [6.07, 6.45) is 3.01. The first-order valence-corrected chi connectivity index (χ1v) is 11.1. The number of rotatable bonds is 4. The summed E-state index contributed by atoms with van der Waals surface area (Å²) in [5, 5.41) is 2.93. The number of hydrogen-bond donors (Lipinski definition) is 1. The molecule has 8 heteroatoms. The summed E-state index contributed by atoms with van der Waals surface area (Å²) in [5.74, 6) is -0.0709. The number of carbonyl (C=O) groups excluding carboxylic acids is 1. The number of likely N-dealkylation sites (tertiary alicyclic amines) is 1. The molecule has 0 bridgehead atoms. The molecule has 0 unspecified atom stereocenters. The predicted molar refractivity (Wildman–Crippen MR) is 108 cm³/mol. The van der Waals surface area contributed by atoms with Crippen molar-refractivity contribution in [1.29, 1.82) is 0 Å². The van der Waals surface area contributed by atoms with Gasteiger partial charge in [0.1, 0.15) is 16.8 Å². The molecule has 4 rings (SSSR count). The number of nitrogens with zero attached hydrogens (tertiary/aromatic N) is 2. The number of carbonyl (C=O) groups is 1. The monoisotopic (exact) mass is 415 g/mol. The Morgan fingerprint density at radius 3 is 2.69 bits per heavy atom. The van der Waals surface area contributed by atoms with Crippen LogP contribution in [0.15, 0.2) is 57.8 Å². The van der Waals surface area contributed by atoms with Gasteiger partial charge in [0.2, 0.25) is 5.91 Å². The fourth-order valence-electron chi connectivity index (χ4n) is 3.85. The second-order valence-electron chi connectivity index (χ2n) is 7.26. The molecule has 2 aromatic carbocycles. The van der Waals surface area contributed by atoms with E-state index in [1.807, 2.05) is 4.90 Å². The van der Waals surface area contributed by atoms with Crippen molar-refractivity contribution in [3.05, 3.63) is 65.5 Å². The van der Waals surface area contributed by atoms with Crippen LogP contribution in [0.5, 0.6) is 0 Å². The third-order valence-electron chi connectivity index (χ3n) is 5.32. The molecule has 29 heavy (non-hydrogen) atoms. The number of hydrogen-bond acceptors (Lipinski definition) is 4. The van der Waals surface area contributed by atoms with Crippen LogP contribution in [0.1, 0.15) is 30.4 Å². The third kappa shape index (κ3) is 4.03. The fraction of sp³-hybridized carbons (Fsp3) is 0.333. The number of sulfonamides is 1. The highest BCUT2D eigenvalue weighted by atomic mass is 32.2. The summed E-state index contributed by atoms with van der Waals surface area (Å²) >= 11 is 0. The molecular formula is C21H22FN3O3S. The van der Waals surface area contributed by atoms with Gasteiger partial charge in [0.15, 0.2) is 5.84 Å². The van der Waals surface area contributed by atoms with Gasteiger partial charge >= 0.3 is 0 Å². The molecule has 0 saturated carbocycles. The molecule has 0 spiro atoms. The number of amides is 1. The lowest BCUT2D eigenvalue weighted by Crippen LogP contribution is -2.52. The van der Waals surface area contributed by atoms with Gasteiger partial charge in [0.05, 0.1) is 0 Å². The van der Waals surface area contributed by atoms with Gasteiger partial charge in [-0.05, 0) is 55.5 Å². The van der Waals surface area contributed by atoms with Crippen LogP contribution in [0.2, 0.25) is 0 Å². The van der Waals surface area contributed by atoms with Crippen molar-refractivity contribution in [3.63, 3.8) is 0 Å². The largest absolute Gasteiger partial charge is 0.354 e. The van der Waals surface area contributed by atoms with Gasteiger partial charge < -0.3 is 10.2 Å². The summed E-state index contributed by atoms with van der Waals surface area (Å²) in [6.45, 7) is 1.01. The summed E-state index contributed by atoms with van der Waals surface area (Å²) in [5.41, 5.74) is 1.49. The molecule has 152 valence electrons. The van der Waals surface area contributed by atoms with Crippen LogP contribution < -0.4 is 5.32 Å². The maximum absolute atomic E-state index is 13.0. The highest BCUT2D eigenvalue weighted by Gasteiger charge is 2.37. The lowest BCUT2D eigenvalue weighted by molar-refractivity contribution is -0.125. The number of nitrogens with one attached hydrogen (secondary N) is 1. The van der Waals surface area contributed by atoms with Crippen LogP contribution in [0, 0.1) is 5.82 Å². The van der Waals surface area contributed by atoms with E-state index in [1.54, 1.807) is 36.4 Å². The Hall–Kier alpha value is -2.74. The molecule has 1 atom stereocenters. The van der Waals surface area contributed by atoms with E-state index in [2.05, 4.69) is 9.71 Å². The highest BCUT2D eigenvalue weighted by molar-refractivity contribution is 7.90. The number of fused-ring (bicyclic) bond motifs is 1. The molecule has 2 aromatic rings. The highest BCUT2D eigenvalue weighted by Crippen LogP contribution is 2.30. The van der Waals surface area contributed by atoms with E-state index >= 15 is 0 Å². The van der Waals surface area contributed by atoms with Crippen LogP contribution in [0.25, 0.3) is 0 Å². The zero-order valence-corrected chi connectivity index (χ0v) is 16.7. The zero-order chi connectivity index (χ0) is 20.4. The number of benzene rings is 2. The quantitative estimate of drug-likeness (QED) is 0.832. The average molecular weight is 415 g/mol. The van der Waals surface area contributed by atoms with Crippen LogP contribution in [-0.2, 0) is 21.2 Å². The molecule has 6 nitrogen and oxygen atoms in total. The van der Waals surface area contributed by atoms with Crippen LogP contribution in [0.3, 0.4) is 0 Å². The minimum Gasteiger partial charge on any atom is -0.354 e. The first kappa shape index (κ1) is 19.6. The van der Waals surface area contributed by atoms with Crippen molar-refractivity contribution in [1.82, 2.24) is 10.2 Å². The van der Waals surface area contributed by atoms with Crippen molar-refractivity contribution < 1.29 is 17.6 Å². The van der Waals surface area contributed by atoms with Gasteiger partial charge in [-0.3, -0.25) is 4.79 Å². The summed E-state index contributed by atoms with van der Waals surface area (Å²) in [6, 6.07) is 12.5. The molecule has 1 fully saturated rings. The Labute approximate surface area is 169 Å². The number of amidine groups is 1. The molecule has 1 amide bonds. The SMILES string of the molecule is O=C(NCCc1ccc(F)cc1)[C@@H]1CCCCN1C1=NS(=O)(=O)c2ccccc21. The first-order valence-electron chi connectivity index (χ1n) is 9.69. The van der Waals surface area contributed by atoms with E-state index in [0.717, 1.165) is 18.4 Å². The molecule has 1 saturated heterocycles. The van der Waals surface area contributed by atoms with E-state index in [9.17, 15) is 17.6 Å². The van der Waals surface area contributed by atoms with Crippen molar-refractivity contribution >= 4 is 21.8 Å². The standard InChI is InChI=1S/C21H22FN3O3S/c22-16-10-8-15(9-11-16)12-13-23-21(26)18-6-3-4-14-25(18)20-17-5-1-2-7-19(17)29(27,28)24-20/h1-2,5,7-11,18H,3-4,6,12-14H2,(H,23,26)/t18-/m0/s1. The summed E-state index contributed by atoms with van der Waals surface area (Å²) in [4.78, 5) is 14.9. The second-order valence-corrected chi connectivity index (χ2v) is 8.83. The van der Waals surface area contributed by atoms with E-state index in [1.165, 1.54) is 12.1 Å². The maximum atomic E-state index is 13.0. The lowest BCUT2D eigenvalue weighted by Gasteiger charge is -2.36. The van der Waals surface area contributed by atoms with Crippen molar-refractivity contribution in [2.24, 2.45) is 4.40 Å². The fourth-order valence-corrected chi connectivity index (χ4v) is 5.07. The number of piperidine rings is 1. The Morgan fingerprint density at radius 1 is 1.14 bits per heavy atom. The number of halogens is 1. The van der Waals surface area contributed by atoms with Gasteiger partial charge in [-0.2, -0.15) is 8.42 Å². The molecular weight excluding hydrogens is 393 g/mol. The van der Waals surface area contributed by atoms with Crippen LogP contribution in [0.4, 0.5) is 4.39 Å². The topological polar surface area (TPSA) is 78.8 Å². The molecule has 2 aliphatic heterocycles. The minimum atomic E-state index is -3.73. The van der Waals surface area contributed by atoms with Crippen molar-refractivity contribution in [2.45, 2.75) is 36.6 Å². The maximum Gasteiger partial charge on any atom is 0.285 e. The molecule has 0 aromatic heterocycles. The van der Waals surface area contributed by atoms with Gasteiger partial charge in [0.25, 0.3) is 10.0 Å². The first-order chi connectivity index (χ1) is 14.0. The smallest absolute Gasteiger partial charge is 0.285 e. The van der Waals surface area contributed by atoms with E-state index in [0.29, 0.717) is 37.3 Å². The second kappa shape index (κ2) is 7.94. The van der Waals surface area contributed by atoms with Crippen LogP contribution in [-0.4, -0.2) is 44.2 Å². The zero-order valence-electron chi connectivity index (χ0n) is 15.8. The van der Waals surface area contributed by atoms with Crippen LogP contribution >= 0.6 is 0 Å². The molecule has 1 N–H and O–H groups in total. The Balaban J connectivity index is 1.48. The molecule has 0 aliphatic carbocycles. The third-order valence-corrected chi connectivity index (χ3v) is 6.64. The van der Waals surface area contributed by atoms with Gasteiger partial charge in [0, 0.05) is 18.7 Å². The Morgan fingerprint density at radius 2 is 1.90 bits per heavy atom. The molecule has 2 heterocycles. The summed E-state index contributed by atoms with van der Waals surface area (Å²) in [7, 11) is -3.73. The van der Waals surface area contributed by atoms with Crippen molar-refractivity contribution in [2.75, 3.05) is 13.1 Å². The van der Waals surface area contributed by atoms with E-state index in [-0.39, 0.29) is 16.6 Å². The molecule has 2 aliphatic rings. The Bertz CT molecular complexity index is 1050. The molecule has 0 radical (unpaired) electrons. The summed E-state index contributed by atoms with van der Waals surface area (Å²) < 4.78 is 41.8. The predicted octanol–water partition coefficient (Wildman–Crippen LogP) is 2.49. The van der Waals surface area contributed by atoms with E-state index < -0.39 is 16.1 Å². The van der Waals surface area contributed by atoms with Crippen molar-refractivity contribution in [3.8, 4) is 0 Å². The van der Waals surface area contributed by atoms with Gasteiger partial charge in [-0.25, -0.2) is 4.39 Å². The minimum absolute atomic E-state index is 0.142. The van der Waals surface area contributed by atoms with Gasteiger partial charge in [-0.15, -0.1) is 4.40 Å². The van der Waals surface area contributed by atoms with E-state index in [4.69, 9.17) is 0 Å². The van der Waals surface area contributed by atoms with Gasteiger partial charge in [-0.1, -0.05) is 24.3 Å². The average Bonchev–Trinajstić information content (AvgIpc) is 3.01. The Kier molecular flexibility index (Phi) is 5.36. The normalized spacial score (nSPS) is 20.1. The lowest BCUT2D eigenvalue weighted by atomic mass is 9.99.